The largest absolute Gasteiger partial charge is 0.444 e. The van der Waals surface area contributed by atoms with Crippen molar-refractivity contribution >= 4 is 17.8 Å². The Labute approximate surface area is 216 Å². The van der Waals surface area contributed by atoms with Crippen LogP contribution in [0.25, 0.3) is 11.1 Å². The summed E-state index contributed by atoms with van der Waals surface area (Å²) in [6, 6.07) is 12.8. The molecule has 2 amide bonds. The van der Waals surface area contributed by atoms with Gasteiger partial charge in [-0.25, -0.2) is 9.18 Å². The molecule has 1 aliphatic heterocycles. The number of ketones is 1. The molecule has 1 saturated heterocycles. The van der Waals surface area contributed by atoms with Crippen molar-refractivity contribution in [2.45, 2.75) is 70.6 Å². The summed E-state index contributed by atoms with van der Waals surface area (Å²) in [5.74, 6) is -1.90. The quantitative estimate of drug-likeness (QED) is 0.568. The van der Waals surface area contributed by atoms with Gasteiger partial charge < -0.3 is 10.5 Å². The van der Waals surface area contributed by atoms with Crippen molar-refractivity contribution in [1.29, 1.82) is 5.26 Å². The normalized spacial score (nSPS) is 21.4. The molecule has 1 aliphatic carbocycles. The van der Waals surface area contributed by atoms with E-state index in [0.29, 0.717) is 22.3 Å². The molecule has 1 saturated carbocycles. The highest BCUT2D eigenvalue weighted by Crippen LogP contribution is 2.44. The van der Waals surface area contributed by atoms with Crippen molar-refractivity contribution in [2.24, 2.45) is 17.6 Å². The summed E-state index contributed by atoms with van der Waals surface area (Å²) < 4.78 is 20.6. The molecule has 2 N–H and O–H groups in total. The van der Waals surface area contributed by atoms with E-state index in [1.165, 1.54) is 6.07 Å². The van der Waals surface area contributed by atoms with Gasteiger partial charge >= 0.3 is 6.09 Å². The van der Waals surface area contributed by atoms with Crippen LogP contribution in [0.3, 0.4) is 0 Å². The lowest BCUT2D eigenvalue weighted by Gasteiger charge is -2.35. The van der Waals surface area contributed by atoms with Gasteiger partial charge in [0.1, 0.15) is 11.4 Å². The first-order chi connectivity index (χ1) is 17.5. The van der Waals surface area contributed by atoms with Crippen molar-refractivity contribution in [3.05, 3.63) is 59.4 Å². The molecule has 7 nitrogen and oxygen atoms in total. The molecule has 1 heterocycles. The fraction of sp³-hybridized carbons (Fsp3) is 0.448. The second-order valence-electron chi connectivity index (χ2n) is 11.0. The maximum Gasteiger partial charge on any atom is 0.411 e. The van der Waals surface area contributed by atoms with Gasteiger partial charge in [-0.15, -0.1) is 0 Å². The number of fused-ring (bicyclic) bond motifs is 2. The molecule has 194 valence electrons. The smallest absolute Gasteiger partial charge is 0.411 e. The monoisotopic (exact) mass is 505 g/mol. The molecule has 4 atom stereocenters. The number of nitrogens with two attached hydrogens (primary N) is 1. The van der Waals surface area contributed by atoms with Gasteiger partial charge in [-0.1, -0.05) is 24.3 Å². The number of benzene rings is 2. The molecular formula is C29H32FN3O4. The Morgan fingerprint density at radius 1 is 1.16 bits per heavy atom. The van der Waals surface area contributed by atoms with Crippen LogP contribution in [0, 0.1) is 29.0 Å². The molecule has 8 heteroatoms. The SMILES string of the molecule is CC(C)(C)OC(=O)N1[C@@H]2CC[C@@H](C2)[C@H]1C(=O)CC(C#N)Cc1ccc(-c2cccc(C(N)=O)c2)cc1F. The first kappa shape index (κ1) is 26.3. The third-order valence-corrected chi connectivity index (χ3v) is 7.15. The zero-order valence-electron chi connectivity index (χ0n) is 21.4. The van der Waals surface area contributed by atoms with Gasteiger partial charge in [0.25, 0.3) is 0 Å². The number of halogens is 1. The van der Waals surface area contributed by atoms with Gasteiger partial charge in [-0.05, 0) is 87.3 Å². The number of amides is 2. The van der Waals surface area contributed by atoms with Crippen LogP contribution in [-0.4, -0.2) is 40.4 Å². The maximum atomic E-state index is 15.0. The van der Waals surface area contributed by atoms with E-state index >= 15 is 4.39 Å². The van der Waals surface area contributed by atoms with Gasteiger partial charge in [-0.2, -0.15) is 5.26 Å². The summed E-state index contributed by atoms with van der Waals surface area (Å²) in [6.45, 7) is 5.36. The van der Waals surface area contributed by atoms with E-state index in [1.54, 1.807) is 62.1 Å². The van der Waals surface area contributed by atoms with Crippen molar-refractivity contribution in [3.8, 4) is 17.2 Å². The highest BCUT2D eigenvalue weighted by atomic mass is 19.1. The third kappa shape index (κ3) is 5.82. The Morgan fingerprint density at radius 3 is 2.54 bits per heavy atom. The van der Waals surface area contributed by atoms with Crippen LogP contribution in [0.5, 0.6) is 0 Å². The van der Waals surface area contributed by atoms with Crippen LogP contribution >= 0.6 is 0 Å². The zero-order chi connectivity index (χ0) is 26.9. The van der Waals surface area contributed by atoms with Crippen LogP contribution in [-0.2, 0) is 16.0 Å². The summed E-state index contributed by atoms with van der Waals surface area (Å²) in [4.78, 5) is 39.3. The minimum absolute atomic E-state index is 0.0209. The number of Topliss-reactive ketones (excluding diaryl/α,β-unsaturated/α-hetero) is 1. The molecule has 37 heavy (non-hydrogen) atoms. The van der Waals surface area contributed by atoms with E-state index in [0.717, 1.165) is 19.3 Å². The number of carbonyl (C=O) groups is 3. The molecule has 2 fully saturated rings. The summed E-state index contributed by atoms with van der Waals surface area (Å²) in [5.41, 5.74) is 6.54. The number of piperidine rings is 1. The molecular weight excluding hydrogens is 473 g/mol. The standard InChI is InChI=1S/C29H32FN3O4/c1-29(2,3)37-28(36)33-23-10-9-21(14-23)26(33)25(34)12-17(16-31)11-20-8-7-19(15-24(20)30)18-5-4-6-22(13-18)27(32)35/h4-8,13,15,17,21,23,26H,9-12,14H2,1-3H3,(H2,32,35)/t17?,21-,23+,26-/m0/s1. The summed E-state index contributed by atoms with van der Waals surface area (Å²) >= 11 is 0. The number of rotatable bonds is 7. The molecule has 0 spiro atoms. The topological polar surface area (TPSA) is 113 Å². The predicted octanol–water partition coefficient (Wildman–Crippen LogP) is 5.02. The fourth-order valence-electron chi connectivity index (χ4n) is 5.52. The lowest BCUT2D eigenvalue weighted by molar-refractivity contribution is -0.126. The molecule has 2 aromatic rings. The van der Waals surface area contributed by atoms with Gasteiger partial charge in [0.05, 0.1) is 18.0 Å². The van der Waals surface area contributed by atoms with E-state index in [1.807, 2.05) is 0 Å². The Bertz CT molecular complexity index is 1260. The van der Waals surface area contributed by atoms with Crippen molar-refractivity contribution in [1.82, 2.24) is 4.90 Å². The third-order valence-electron chi connectivity index (χ3n) is 7.15. The number of carbonyl (C=O) groups excluding carboxylic acids is 3. The van der Waals surface area contributed by atoms with Crippen LogP contribution in [0.15, 0.2) is 42.5 Å². The molecule has 0 aromatic heterocycles. The predicted molar refractivity (Wildman–Crippen MR) is 136 cm³/mol. The first-order valence-electron chi connectivity index (χ1n) is 12.6. The maximum absolute atomic E-state index is 15.0. The number of primary amides is 1. The number of ether oxygens (including phenoxy) is 1. The van der Waals surface area contributed by atoms with Gasteiger partial charge in [0.2, 0.25) is 5.91 Å². The number of hydrogen-bond donors (Lipinski definition) is 1. The van der Waals surface area contributed by atoms with Gasteiger partial charge in [0.15, 0.2) is 5.78 Å². The van der Waals surface area contributed by atoms with Gasteiger partial charge in [-0.3, -0.25) is 14.5 Å². The van der Waals surface area contributed by atoms with E-state index < -0.39 is 35.4 Å². The Kier molecular flexibility index (Phi) is 7.35. The number of likely N-dealkylation sites (tertiary alicyclic amines) is 1. The Morgan fingerprint density at radius 2 is 1.89 bits per heavy atom. The summed E-state index contributed by atoms with van der Waals surface area (Å²) in [5, 5.41) is 9.77. The highest BCUT2D eigenvalue weighted by molar-refractivity contribution is 5.94. The number of nitrogens with zero attached hydrogens (tertiary/aromatic N) is 2. The molecule has 2 aliphatic rings. The van der Waals surface area contributed by atoms with Crippen molar-refractivity contribution < 1.29 is 23.5 Å². The van der Waals surface area contributed by atoms with E-state index in [-0.39, 0.29) is 30.6 Å². The fourth-order valence-corrected chi connectivity index (χ4v) is 5.52. The number of nitriles is 1. The Balaban J connectivity index is 1.46. The van der Waals surface area contributed by atoms with E-state index in [2.05, 4.69) is 6.07 Å². The van der Waals surface area contributed by atoms with E-state index in [4.69, 9.17) is 10.5 Å². The molecule has 2 bridgehead atoms. The van der Waals surface area contributed by atoms with Crippen LogP contribution < -0.4 is 5.73 Å². The summed E-state index contributed by atoms with van der Waals surface area (Å²) in [7, 11) is 0. The molecule has 1 unspecified atom stereocenters. The lowest BCUT2D eigenvalue weighted by Crippen LogP contribution is -2.51. The first-order valence-corrected chi connectivity index (χ1v) is 12.6. The molecule has 2 aromatic carbocycles. The van der Waals surface area contributed by atoms with E-state index in [9.17, 15) is 19.6 Å². The van der Waals surface area contributed by atoms with Crippen molar-refractivity contribution in [3.63, 3.8) is 0 Å². The van der Waals surface area contributed by atoms with Gasteiger partial charge in [0, 0.05) is 18.0 Å². The second-order valence-corrected chi connectivity index (χ2v) is 11.0. The minimum Gasteiger partial charge on any atom is -0.444 e. The second kappa shape index (κ2) is 10.3. The summed E-state index contributed by atoms with van der Waals surface area (Å²) in [6.07, 6.45) is 1.99. The zero-order valence-corrected chi connectivity index (χ0v) is 21.4. The molecule has 4 rings (SSSR count). The average molecular weight is 506 g/mol. The van der Waals surface area contributed by atoms with Crippen LogP contribution in [0.4, 0.5) is 9.18 Å². The number of hydrogen-bond acceptors (Lipinski definition) is 5. The van der Waals surface area contributed by atoms with Crippen molar-refractivity contribution in [2.75, 3.05) is 0 Å². The lowest BCUT2D eigenvalue weighted by atomic mass is 9.87. The van der Waals surface area contributed by atoms with Crippen LogP contribution in [0.2, 0.25) is 0 Å². The minimum atomic E-state index is -0.731. The van der Waals surface area contributed by atoms with Crippen LogP contribution in [0.1, 0.15) is 62.4 Å². The average Bonchev–Trinajstić information content (AvgIpc) is 3.45. The highest BCUT2D eigenvalue weighted by Gasteiger charge is 2.52. The molecule has 0 radical (unpaired) electrons. The Hall–Kier alpha value is -3.73.